The molecule has 0 saturated heterocycles. The minimum Gasteiger partial charge on any atom is -0.464 e. The van der Waals surface area contributed by atoms with E-state index < -0.39 is 18.2 Å². The van der Waals surface area contributed by atoms with Gasteiger partial charge < -0.3 is 9.84 Å². The molecule has 0 heterocycles. The van der Waals surface area contributed by atoms with Crippen molar-refractivity contribution in [1.82, 2.24) is 0 Å². The van der Waals surface area contributed by atoms with Gasteiger partial charge in [-0.15, -0.1) is 0 Å². The first-order valence-electron chi connectivity index (χ1n) is 5.11. The van der Waals surface area contributed by atoms with Crippen molar-refractivity contribution in [2.75, 3.05) is 6.61 Å². The van der Waals surface area contributed by atoms with Crippen molar-refractivity contribution in [3.05, 3.63) is 35.4 Å². The molecule has 0 radical (unpaired) electrons. The fraction of sp³-hybridized carbons (Fsp3) is 0.417. The molecule has 88 valence electrons. The SMILES string of the molecule is CCOC(=O)C(F)[C@H](O)c1cccc(C)c1. The van der Waals surface area contributed by atoms with Gasteiger partial charge in [-0.25, -0.2) is 9.18 Å². The summed E-state index contributed by atoms with van der Waals surface area (Å²) in [5, 5.41) is 9.63. The van der Waals surface area contributed by atoms with E-state index in [1.165, 1.54) is 0 Å². The summed E-state index contributed by atoms with van der Waals surface area (Å²) in [5.41, 5.74) is 1.27. The summed E-state index contributed by atoms with van der Waals surface area (Å²) in [5.74, 6) is -1.03. The van der Waals surface area contributed by atoms with Gasteiger partial charge in [-0.1, -0.05) is 29.8 Å². The molecule has 3 nitrogen and oxygen atoms in total. The molecular weight excluding hydrogens is 211 g/mol. The lowest BCUT2D eigenvalue weighted by Gasteiger charge is -2.15. The van der Waals surface area contributed by atoms with E-state index in [9.17, 15) is 14.3 Å². The molecule has 0 aliphatic carbocycles. The second-order valence-electron chi connectivity index (χ2n) is 3.51. The van der Waals surface area contributed by atoms with Gasteiger partial charge in [0.2, 0.25) is 6.17 Å². The predicted molar refractivity (Wildman–Crippen MR) is 57.7 cm³/mol. The Bertz CT molecular complexity index is 365. The lowest BCUT2D eigenvalue weighted by Crippen LogP contribution is -2.26. The van der Waals surface area contributed by atoms with Crippen LogP contribution in [0, 0.1) is 6.92 Å². The minimum absolute atomic E-state index is 0.0970. The highest BCUT2D eigenvalue weighted by Gasteiger charge is 2.28. The zero-order valence-corrected chi connectivity index (χ0v) is 9.31. The Labute approximate surface area is 93.9 Å². The highest BCUT2D eigenvalue weighted by Crippen LogP contribution is 2.21. The summed E-state index contributed by atoms with van der Waals surface area (Å²) >= 11 is 0. The molecule has 0 saturated carbocycles. The van der Waals surface area contributed by atoms with Gasteiger partial charge in [-0.05, 0) is 19.4 Å². The zero-order valence-electron chi connectivity index (χ0n) is 9.31. The molecule has 0 amide bonds. The van der Waals surface area contributed by atoms with Crippen LogP contribution in [0.25, 0.3) is 0 Å². The number of hydrogen-bond acceptors (Lipinski definition) is 3. The number of carbonyl (C=O) groups excluding carboxylic acids is 1. The maximum atomic E-state index is 13.5. The number of halogens is 1. The van der Waals surface area contributed by atoms with E-state index in [1.54, 1.807) is 25.1 Å². The Morgan fingerprint density at radius 1 is 1.56 bits per heavy atom. The molecule has 0 aliphatic heterocycles. The van der Waals surface area contributed by atoms with E-state index in [1.807, 2.05) is 13.0 Å². The average Bonchev–Trinajstić information content (AvgIpc) is 2.27. The van der Waals surface area contributed by atoms with Crippen molar-refractivity contribution in [1.29, 1.82) is 0 Å². The lowest BCUT2D eigenvalue weighted by molar-refractivity contribution is -0.153. The summed E-state index contributed by atoms with van der Waals surface area (Å²) in [6.45, 7) is 3.51. The van der Waals surface area contributed by atoms with Crippen molar-refractivity contribution < 1.29 is 19.0 Å². The second-order valence-corrected chi connectivity index (χ2v) is 3.51. The lowest BCUT2D eigenvalue weighted by atomic mass is 10.0. The molecule has 1 rings (SSSR count). The van der Waals surface area contributed by atoms with Gasteiger partial charge >= 0.3 is 5.97 Å². The number of aliphatic hydroxyl groups is 1. The minimum atomic E-state index is -2.04. The number of ether oxygens (including phenoxy) is 1. The number of benzene rings is 1. The number of rotatable bonds is 4. The molecule has 1 aromatic carbocycles. The summed E-state index contributed by atoms with van der Waals surface area (Å²) < 4.78 is 18.0. The van der Waals surface area contributed by atoms with Crippen LogP contribution in [0.2, 0.25) is 0 Å². The molecule has 0 aromatic heterocycles. The Morgan fingerprint density at radius 3 is 2.81 bits per heavy atom. The second kappa shape index (κ2) is 5.61. The number of hydrogen-bond donors (Lipinski definition) is 1. The van der Waals surface area contributed by atoms with Gasteiger partial charge in [-0.3, -0.25) is 0 Å². The van der Waals surface area contributed by atoms with Crippen molar-refractivity contribution in [3.63, 3.8) is 0 Å². The monoisotopic (exact) mass is 226 g/mol. The molecular formula is C12H15FO3. The quantitative estimate of drug-likeness (QED) is 0.798. The first-order chi connectivity index (χ1) is 7.56. The third kappa shape index (κ3) is 3.03. The van der Waals surface area contributed by atoms with E-state index >= 15 is 0 Å². The largest absolute Gasteiger partial charge is 0.464 e. The van der Waals surface area contributed by atoms with Gasteiger partial charge in [0.25, 0.3) is 0 Å². The van der Waals surface area contributed by atoms with Gasteiger partial charge in [0, 0.05) is 0 Å². The highest BCUT2D eigenvalue weighted by molar-refractivity contribution is 5.75. The first-order valence-corrected chi connectivity index (χ1v) is 5.11. The van der Waals surface area contributed by atoms with Crippen LogP contribution in [-0.4, -0.2) is 23.9 Å². The third-order valence-electron chi connectivity index (χ3n) is 2.17. The van der Waals surface area contributed by atoms with Crippen LogP contribution >= 0.6 is 0 Å². The molecule has 1 unspecified atom stereocenters. The fourth-order valence-corrected chi connectivity index (χ4v) is 1.37. The Balaban J connectivity index is 2.77. The van der Waals surface area contributed by atoms with Crippen LogP contribution in [-0.2, 0) is 9.53 Å². The fourth-order valence-electron chi connectivity index (χ4n) is 1.37. The number of alkyl halides is 1. The van der Waals surface area contributed by atoms with Crippen molar-refractivity contribution in [3.8, 4) is 0 Å². The Kier molecular flexibility index (Phi) is 4.43. The number of esters is 1. The van der Waals surface area contributed by atoms with Crippen LogP contribution in [0.4, 0.5) is 4.39 Å². The zero-order chi connectivity index (χ0) is 12.1. The van der Waals surface area contributed by atoms with E-state index in [0.717, 1.165) is 5.56 Å². The smallest absolute Gasteiger partial charge is 0.343 e. The summed E-state index contributed by atoms with van der Waals surface area (Å²) in [6, 6.07) is 6.74. The van der Waals surface area contributed by atoms with E-state index in [0.29, 0.717) is 5.56 Å². The Morgan fingerprint density at radius 2 is 2.25 bits per heavy atom. The van der Waals surface area contributed by atoms with Crippen LogP contribution < -0.4 is 0 Å². The summed E-state index contributed by atoms with van der Waals surface area (Å²) in [4.78, 5) is 11.1. The van der Waals surface area contributed by atoms with Gasteiger partial charge in [0.05, 0.1) is 6.61 Å². The number of aliphatic hydroxyl groups excluding tert-OH is 1. The molecule has 1 N–H and O–H groups in total. The van der Waals surface area contributed by atoms with Gasteiger partial charge in [0.15, 0.2) is 0 Å². The molecule has 0 aliphatic rings. The maximum Gasteiger partial charge on any atom is 0.343 e. The molecule has 2 atom stereocenters. The highest BCUT2D eigenvalue weighted by atomic mass is 19.1. The molecule has 0 spiro atoms. The van der Waals surface area contributed by atoms with Crippen LogP contribution in [0.1, 0.15) is 24.2 Å². The van der Waals surface area contributed by atoms with Crippen molar-refractivity contribution in [2.24, 2.45) is 0 Å². The topological polar surface area (TPSA) is 46.5 Å². The van der Waals surface area contributed by atoms with Crippen LogP contribution in [0.5, 0.6) is 0 Å². The van der Waals surface area contributed by atoms with E-state index in [4.69, 9.17) is 0 Å². The van der Waals surface area contributed by atoms with Crippen LogP contribution in [0.15, 0.2) is 24.3 Å². The predicted octanol–water partition coefficient (Wildman–Crippen LogP) is 1.93. The van der Waals surface area contributed by atoms with E-state index in [-0.39, 0.29) is 6.61 Å². The molecule has 1 aromatic rings. The normalized spacial score (nSPS) is 14.2. The summed E-state index contributed by atoms with van der Waals surface area (Å²) in [7, 11) is 0. The molecule has 0 bridgehead atoms. The number of aryl methyl sites for hydroxylation is 1. The van der Waals surface area contributed by atoms with E-state index in [2.05, 4.69) is 4.74 Å². The number of carbonyl (C=O) groups is 1. The third-order valence-corrected chi connectivity index (χ3v) is 2.17. The van der Waals surface area contributed by atoms with Crippen molar-refractivity contribution in [2.45, 2.75) is 26.1 Å². The Hall–Kier alpha value is -1.42. The maximum absolute atomic E-state index is 13.5. The average molecular weight is 226 g/mol. The van der Waals surface area contributed by atoms with Gasteiger partial charge in [-0.2, -0.15) is 0 Å². The summed E-state index contributed by atoms with van der Waals surface area (Å²) in [6.07, 6.45) is -3.51. The molecule has 0 fully saturated rings. The van der Waals surface area contributed by atoms with Crippen molar-refractivity contribution >= 4 is 5.97 Å². The molecule has 4 heteroatoms. The van der Waals surface area contributed by atoms with Crippen LogP contribution in [0.3, 0.4) is 0 Å². The first kappa shape index (κ1) is 12.6. The van der Waals surface area contributed by atoms with Gasteiger partial charge in [0.1, 0.15) is 6.10 Å². The molecule has 16 heavy (non-hydrogen) atoms. The standard InChI is InChI=1S/C12H15FO3/c1-3-16-12(15)10(13)11(14)9-6-4-5-8(2)7-9/h4-7,10-11,14H,3H2,1-2H3/t10?,11-/m1/s1.